The molecule has 182 valence electrons. The molecule has 2 saturated heterocycles. The van der Waals surface area contributed by atoms with Gasteiger partial charge in [-0.15, -0.1) is 0 Å². The number of thioether (sulfide) groups is 1. The molecule has 0 radical (unpaired) electrons. The zero-order valence-corrected chi connectivity index (χ0v) is 21.6. The van der Waals surface area contributed by atoms with Gasteiger partial charge in [0.15, 0.2) is 0 Å². The highest BCUT2D eigenvalue weighted by molar-refractivity contribution is 8.26. The van der Waals surface area contributed by atoms with Crippen LogP contribution in [0.1, 0.15) is 35.6 Å². The number of benzene rings is 1. The highest BCUT2D eigenvalue weighted by Crippen LogP contribution is 2.36. The van der Waals surface area contributed by atoms with Crippen LogP contribution >= 0.6 is 24.0 Å². The number of nitriles is 1. The van der Waals surface area contributed by atoms with Crippen LogP contribution in [0, 0.1) is 18.3 Å². The largest absolute Gasteiger partial charge is 0.378 e. The predicted octanol–water partition coefficient (Wildman–Crippen LogP) is 3.72. The van der Waals surface area contributed by atoms with Crippen molar-refractivity contribution in [2.24, 2.45) is 0 Å². The van der Waals surface area contributed by atoms with Gasteiger partial charge in [0.25, 0.3) is 11.5 Å². The van der Waals surface area contributed by atoms with Crippen molar-refractivity contribution in [1.82, 2.24) is 9.47 Å². The van der Waals surface area contributed by atoms with Gasteiger partial charge in [-0.3, -0.25) is 19.1 Å². The van der Waals surface area contributed by atoms with E-state index >= 15 is 0 Å². The van der Waals surface area contributed by atoms with Crippen LogP contribution in [0.15, 0.2) is 40.0 Å². The Bertz CT molecular complexity index is 1260. The molecule has 0 aliphatic carbocycles. The fourth-order valence-corrected chi connectivity index (χ4v) is 5.75. The molecule has 0 spiro atoms. The quantitative estimate of drug-likeness (QED) is 0.417. The molecule has 1 aromatic carbocycles. The van der Waals surface area contributed by atoms with Crippen molar-refractivity contribution in [3.63, 3.8) is 0 Å². The molecule has 4 rings (SSSR count). The van der Waals surface area contributed by atoms with Crippen molar-refractivity contribution in [3.8, 4) is 6.07 Å². The highest BCUT2D eigenvalue weighted by Gasteiger charge is 2.33. The van der Waals surface area contributed by atoms with Gasteiger partial charge in [0.05, 0.1) is 18.1 Å². The Kier molecular flexibility index (Phi) is 8.06. The van der Waals surface area contributed by atoms with Gasteiger partial charge in [-0.1, -0.05) is 54.3 Å². The van der Waals surface area contributed by atoms with Crippen molar-refractivity contribution >= 4 is 46.1 Å². The van der Waals surface area contributed by atoms with Gasteiger partial charge in [-0.2, -0.15) is 5.26 Å². The summed E-state index contributed by atoms with van der Waals surface area (Å²) >= 11 is 6.82. The third-order valence-electron chi connectivity index (χ3n) is 6.31. The van der Waals surface area contributed by atoms with Crippen molar-refractivity contribution in [2.75, 3.05) is 37.7 Å². The van der Waals surface area contributed by atoms with Gasteiger partial charge < -0.3 is 9.64 Å². The molecule has 0 saturated carbocycles. The maximum atomic E-state index is 13.3. The Morgan fingerprint density at radius 2 is 1.91 bits per heavy atom. The number of nitrogens with zero attached hydrogens (tertiary/aromatic N) is 4. The first-order valence-electron chi connectivity index (χ1n) is 11.8. The minimum absolute atomic E-state index is 0.105. The molecule has 0 unspecified atom stereocenters. The van der Waals surface area contributed by atoms with E-state index in [0.29, 0.717) is 54.2 Å². The molecule has 7 nitrogen and oxygen atoms in total. The number of carbonyl (C=O) groups is 1. The molecular formula is C26H28N4O3S2. The standard InChI is InChI=1S/C26H28N4O3S2/c1-3-29-23(28-12-14-33-15-13-28)20(18(2)21(17-27)24(29)31)16-22-25(32)30(26(34)35-22)11-7-10-19-8-5-4-6-9-19/h4-6,8-9,16H,3,7,10-15H2,1-2H3/b22-16-. The highest BCUT2D eigenvalue weighted by atomic mass is 32.2. The van der Waals surface area contributed by atoms with E-state index in [2.05, 4.69) is 23.1 Å². The summed E-state index contributed by atoms with van der Waals surface area (Å²) in [6, 6.07) is 12.2. The molecule has 9 heteroatoms. The third kappa shape index (κ3) is 5.20. The van der Waals surface area contributed by atoms with Crippen molar-refractivity contribution in [3.05, 3.63) is 67.8 Å². The summed E-state index contributed by atoms with van der Waals surface area (Å²) in [5.74, 6) is 0.597. The minimum atomic E-state index is -0.306. The molecule has 2 aliphatic rings. The van der Waals surface area contributed by atoms with Crippen molar-refractivity contribution < 1.29 is 9.53 Å². The molecule has 2 aliphatic heterocycles. The van der Waals surface area contributed by atoms with Crippen LogP contribution < -0.4 is 10.5 Å². The van der Waals surface area contributed by atoms with E-state index in [-0.39, 0.29) is 17.0 Å². The molecule has 3 heterocycles. The van der Waals surface area contributed by atoms with E-state index in [1.807, 2.05) is 31.2 Å². The van der Waals surface area contributed by atoms with E-state index in [1.54, 1.807) is 16.4 Å². The van der Waals surface area contributed by atoms with E-state index in [9.17, 15) is 14.9 Å². The van der Waals surface area contributed by atoms with Gasteiger partial charge in [0.2, 0.25) is 0 Å². The zero-order valence-electron chi connectivity index (χ0n) is 20.0. The summed E-state index contributed by atoms with van der Waals surface area (Å²) in [4.78, 5) is 30.7. The SMILES string of the molecule is CCn1c(N2CCOCC2)c(/C=C2\SC(=S)N(CCCc3ccccc3)C2=O)c(C)c(C#N)c1=O. The number of ether oxygens (including phenoxy) is 1. The maximum Gasteiger partial charge on any atom is 0.270 e. The Hall–Kier alpha value is -2.93. The number of hydrogen-bond acceptors (Lipinski definition) is 7. The predicted molar refractivity (Wildman–Crippen MR) is 144 cm³/mol. The molecule has 2 fully saturated rings. The first kappa shape index (κ1) is 25.2. The lowest BCUT2D eigenvalue weighted by molar-refractivity contribution is -0.122. The fourth-order valence-electron chi connectivity index (χ4n) is 4.46. The Morgan fingerprint density at radius 1 is 1.20 bits per heavy atom. The molecule has 1 aromatic heterocycles. The van der Waals surface area contributed by atoms with Crippen LogP contribution in [0.4, 0.5) is 5.82 Å². The summed E-state index contributed by atoms with van der Waals surface area (Å²) in [5.41, 5.74) is 2.32. The number of anilines is 1. The average Bonchev–Trinajstić information content (AvgIpc) is 3.14. The van der Waals surface area contributed by atoms with E-state index in [4.69, 9.17) is 17.0 Å². The average molecular weight is 509 g/mol. The number of thiocarbonyl (C=S) groups is 1. The number of aromatic nitrogens is 1. The van der Waals surface area contributed by atoms with Crippen LogP contribution in [0.3, 0.4) is 0 Å². The fraction of sp³-hybridized carbons (Fsp3) is 0.385. The number of carbonyl (C=O) groups excluding carboxylic acids is 1. The first-order valence-corrected chi connectivity index (χ1v) is 13.0. The maximum absolute atomic E-state index is 13.3. The van der Waals surface area contributed by atoms with Gasteiger partial charge in [-0.05, 0) is 43.9 Å². The van der Waals surface area contributed by atoms with Crippen LogP contribution in [0.25, 0.3) is 6.08 Å². The Morgan fingerprint density at radius 3 is 2.57 bits per heavy atom. The molecule has 2 aromatic rings. The lowest BCUT2D eigenvalue weighted by Gasteiger charge is -2.33. The number of aryl methyl sites for hydroxylation is 1. The van der Waals surface area contributed by atoms with Crippen molar-refractivity contribution in [1.29, 1.82) is 5.26 Å². The first-order chi connectivity index (χ1) is 17.0. The number of rotatable bonds is 7. The Labute approximate surface area is 215 Å². The summed E-state index contributed by atoms with van der Waals surface area (Å²) < 4.78 is 7.67. The number of amides is 1. The van der Waals surface area contributed by atoms with Gasteiger partial charge >= 0.3 is 0 Å². The van der Waals surface area contributed by atoms with Crippen LogP contribution in [0.5, 0.6) is 0 Å². The third-order valence-corrected chi connectivity index (χ3v) is 7.69. The van der Waals surface area contributed by atoms with Crippen LogP contribution in [-0.2, 0) is 22.5 Å². The summed E-state index contributed by atoms with van der Waals surface area (Å²) in [6.07, 6.45) is 3.48. The summed E-state index contributed by atoms with van der Waals surface area (Å²) in [5, 5.41) is 9.71. The molecule has 1 amide bonds. The number of hydrogen-bond donors (Lipinski definition) is 0. The van der Waals surface area contributed by atoms with E-state index < -0.39 is 0 Å². The van der Waals surface area contributed by atoms with Gasteiger partial charge in [0, 0.05) is 31.7 Å². The minimum Gasteiger partial charge on any atom is -0.378 e. The smallest absolute Gasteiger partial charge is 0.270 e. The van der Waals surface area contributed by atoms with Crippen LogP contribution in [-0.4, -0.2) is 52.5 Å². The molecule has 0 bridgehead atoms. The zero-order chi connectivity index (χ0) is 24.9. The number of morpholine rings is 1. The normalized spacial score (nSPS) is 17.3. The lowest BCUT2D eigenvalue weighted by atomic mass is 10.0. The monoisotopic (exact) mass is 508 g/mol. The summed E-state index contributed by atoms with van der Waals surface area (Å²) in [6.45, 7) is 7.00. The second-order valence-electron chi connectivity index (χ2n) is 8.42. The molecule has 35 heavy (non-hydrogen) atoms. The van der Waals surface area contributed by atoms with Gasteiger partial charge in [-0.25, -0.2) is 0 Å². The van der Waals surface area contributed by atoms with Crippen molar-refractivity contribution in [2.45, 2.75) is 33.2 Å². The Balaban J connectivity index is 1.67. The van der Waals surface area contributed by atoms with E-state index in [1.165, 1.54) is 17.3 Å². The topological polar surface area (TPSA) is 78.6 Å². The lowest BCUT2D eigenvalue weighted by Crippen LogP contribution is -2.41. The van der Waals surface area contributed by atoms with Gasteiger partial charge in [0.1, 0.15) is 21.8 Å². The molecular weight excluding hydrogens is 480 g/mol. The summed E-state index contributed by atoms with van der Waals surface area (Å²) in [7, 11) is 0. The van der Waals surface area contributed by atoms with E-state index in [0.717, 1.165) is 24.2 Å². The second kappa shape index (κ2) is 11.2. The second-order valence-corrected chi connectivity index (χ2v) is 10.1. The van der Waals surface area contributed by atoms with Crippen LogP contribution in [0.2, 0.25) is 0 Å². The molecule has 0 atom stereocenters. The number of pyridine rings is 1. The molecule has 0 N–H and O–H groups in total.